The summed E-state index contributed by atoms with van der Waals surface area (Å²) in [6.45, 7) is 2.54. The van der Waals surface area contributed by atoms with Gasteiger partial charge in [-0.3, -0.25) is 9.59 Å². The first-order valence-electron chi connectivity index (χ1n) is 4.40. The van der Waals surface area contributed by atoms with Gasteiger partial charge < -0.3 is 16.0 Å². The standard InChI is InChI=1S/C8H15N3O2/c1-5(7(12)9-2)11-8(13)6-3-4-10-6/h5-6,10H,3-4H2,1-2H3,(H,9,12)(H,11,13)/t5-,6?/m1/s1. The monoisotopic (exact) mass is 185 g/mol. The minimum absolute atomic E-state index is 0.0950. The van der Waals surface area contributed by atoms with Gasteiger partial charge in [-0.2, -0.15) is 0 Å². The summed E-state index contributed by atoms with van der Waals surface area (Å²) in [4.78, 5) is 22.3. The third-order valence-electron chi connectivity index (χ3n) is 2.14. The lowest BCUT2D eigenvalue weighted by molar-refractivity contribution is -0.130. The van der Waals surface area contributed by atoms with Crippen molar-refractivity contribution >= 4 is 11.8 Å². The van der Waals surface area contributed by atoms with Crippen LogP contribution in [0.5, 0.6) is 0 Å². The average Bonchev–Trinajstić information content (AvgIpc) is 1.99. The Morgan fingerprint density at radius 2 is 2.15 bits per heavy atom. The van der Waals surface area contributed by atoms with Crippen LogP contribution in [0.15, 0.2) is 0 Å². The molecule has 13 heavy (non-hydrogen) atoms. The van der Waals surface area contributed by atoms with Crippen molar-refractivity contribution in [1.29, 1.82) is 0 Å². The van der Waals surface area contributed by atoms with Gasteiger partial charge in [-0.25, -0.2) is 0 Å². The molecule has 1 saturated heterocycles. The molecular formula is C8H15N3O2. The lowest BCUT2D eigenvalue weighted by Crippen LogP contribution is -2.56. The smallest absolute Gasteiger partial charge is 0.242 e. The summed E-state index contributed by atoms with van der Waals surface area (Å²) in [5.74, 6) is -0.268. The summed E-state index contributed by atoms with van der Waals surface area (Å²) in [7, 11) is 1.55. The van der Waals surface area contributed by atoms with Gasteiger partial charge in [0.1, 0.15) is 6.04 Å². The predicted molar refractivity (Wildman–Crippen MR) is 48.1 cm³/mol. The van der Waals surface area contributed by atoms with Crippen LogP contribution in [0, 0.1) is 0 Å². The Labute approximate surface area is 77.3 Å². The first-order chi connectivity index (χ1) is 6.15. The third-order valence-corrected chi connectivity index (χ3v) is 2.14. The lowest BCUT2D eigenvalue weighted by Gasteiger charge is -2.27. The highest BCUT2D eigenvalue weighted by Crippen LogP contribution is 2.01. The van der Waals surface area contributed by atoms with Crippen molar-refractivity contribution in [2.75, 3.05) is 13.6 Å². The number of hydrogen-bond acceptors (Lipinski definition) is 3. The number of likely N-dealkylation sites (N-methyl/N-ethyl adjacent to an activating group) is 1. The first kappa shape index (κ1) is 9.98. The molecule has 0 spiro atoms. The van der Waals surface area contributed by atoms with Crippen LogP contribution in [-0.2, 0) is 9.59 Å². The zero-order valence-electron chi connectivity index (χ0n) is 7.89. The second-order valence-corrected chi connectivity index (χ2v) is 3.14. The fourth-order valence-corrected chi connectivity index (χ4v) is 1.11. The molecule has 3 N–H and O–H groups in total. The Morgan fingerprint density at radius 3 is 2.54 bits per heavy atom. The summed E-state index contributed by atoms with van der Waals surface area (Å²) in [6, 6.07) is -0.563. The van der Waals surface area contributed by atoms with Gasteiger partial charge in [-0.15, -0.1) is 0 Å². The molecule has 2 atom stereocenters. The molecule has 0 aromatic rings. The van der Waals surface area contributed by atoms with E-state index in [0.29, 0.717) is 0 Å². The van der Waals surface area contributed by atoms with Gasteiger partial charge in [0.15, 0.2) is 0 Å². The molecule has 0 aliphatic carbocycles. The molecule has 5 heteroatoms. The van der Waals surface area contributed by atoms with E-state index in [1.54, 1.807) is 14.0 Å². The quantitative estimate of drug-likeness (QED) is 0.506. The molecule has 1 rings (SSSR count). The van der Waals surface area contributed by atoms with Crippen molar-refractivity contribution < 1.29 is 9.59 Å². The van der Waals surface area contributed by atoms with Gasteiger partial charge in [0.25, 0.3) is 0 Å². The second-order valence-electron chi connectivity index (χ2n) is 3.14. The van der Waals surface area contributed by atoms with Crippen LogP contribution in [0.1, 0.15) is 13.3 Å². The number of carbonyl (C=O) groups is 2. The van der Waals surface area contributed by atoms with Crippen molar-refractivity contribution in [3.8, 4) is 0 Å². The van der Waals surface area contributed by atoms with E-state index in [9.17, 15) is 9.59 Å². The maximum Gasteiger partial charge on any atom is 0.242 e. The highest BCUT2D eigenvalue weighted by molar-refractivity contribution is 5.89. The van der Waals surface area contributed by atoms with Crippen LogP contribution >= 0.6 is 0 Å². The third kappa shape index (κ3) is 2.42. The van der Waals surface area contributed by atoms with Crippen molar-refractivity contribution in [2.24, 2.45) is 0 Å². The Bertz CT molecular complexity index is 213. The van der Waals surface area contributed by atoms with E-state index in [2.05, 4.69) is 16.0 Å². The molecule has 1 fully saturated rings. The molecule has 0 aromatic carbocycles. The van der Waals surface area contributed by atoms with Crippen molar-refractivity contribution in [3.63, 3.8) is 0 Å². The van der Waals surface area contributed by atoms with Crippen LogP contribution in [0.2, 0.25) is 0 Å². The van der Waals surface area contributed by atoms with Gasteiger partial charge in [0, 0.05) is 7.05 Å². The molecule has 2 amide bonds. The number of nitrogens with one attached hydrogen (secondary N) is 3. The van der Waals surface area contributed by atoms with E-state index in [1.165, 1.54) is 0 Å². The van der Waals surface area contributed by atoms with E-state index >= 15 is 0 Å². The number of amides is 2. The Morgan fingerprint density at radius 1 is 1.54 bits per heavy atom. The Kier molecular flexibility index (Phi) is 3.25. The highest BCUT2D eigenvalue weighted by Gasteiger charge is 2.26. The summed E-state index contributed by atoms with van der Waals surface area (Å²) < 4.78 is 0. The summed E-state index contributed by atoms with van der Waals surface area (Å²) in [5.41, 5.74) is 0. The largest absolute Gasteiger partial charge is 0.357 e. The minimum atomic E-state index is -0.458. The lowest BCUT2D eigenvalue weighted by atomic mass is 10.1. The highest BCUT2D eigenvalue weighted by atomic mass is 16.2. The fraction of sp³-hybridized carbons (Fsp3) is 0.750. The first-order valence-corrected chi connectivity index (χ1v) is 4.40. The molecule has 0 aromatic heterocycles. The summed E-state index contributed by atoms with van der Waals surface area (Å²) >= 11 is 0. The molecule has 5 nitrogen and oxygen atoms in total. The summed E-state index contributed by atoms with van der Waals surface area (Å²) in [5, 5.41) is 8.05. The normalized spacial score (nSPS) is 22.8. The van der Waals surface area contributed by atoms with Crippen LogP contribution < -0.4 is 16.0 Å². The van der Waals surface area contributed by atoms with Crippen LogP contribution in [0.25, 0.3) is 0 Å². The van der Waals surface area contributed by atoms with E-state index in [-0.39, 0.29) is 17.9 Å². The molecule has 0 radical (unpaired) electrons. The molecule has 1 aliphatic heterocycles. The minimum Gasteiger partial charge on any atom is -0.357 e. The van der Waals surface area contributed by atoms with Crippen LogP contribution in [0.4, 0.5) is 0 Å². The van der Waals surface area contributed by atoms with E-state index in [1.807, 2.05) is 0 Å². The van der Waals surface area contributed by atoms with Gasteiger partial charge in [0.05, 0.1) is 6.04 Å². The van der Waals surface area contributed by atoms with Gasteiger partial charge >= 0.3 is 0 Å². The number of hydrogen-bond donors (Lipinski definition) is 3. The van der Waals surface area contributed by atoms with Gasteiger partial charge in [-0.05, 0) is 19.9 Å². The van der Waals surface area contributed by atoms with Gasteiger partial charge in [0.2, 0.25) is 11.8 Å². The fourth-order valence-electron chi connectivity index (χ4n) is 1.11. The second kappa shape index (κ2) is 4.23. The molecule has 0 bridgehead atoms. The predicted octanol–water partition coefficient (Wildman–Crippen LogP) is -1.40. The Balaban J connectivity index is 2.30. The average molecular weight is 185 g/mol. The van der Waals surface area contributed by atoms with Crippen LogP contribution in [-0.4, -0.2) is 37.5 Å². The van der Waals surface area contributed by atoms with Crippen LogP contribution in [0.3, 0.4) is 0 Å². The molecule has 1 unspecified atom stereocenters. The molecule has 1 heterocycles. The SMILES string of the molecule is CNC(=O)[C@@H](C)NC(=O)C1CCN1. The van der Waals surface area contributed by atoms with Gasteiger partial charge in [-0.1, -0.05) is 0 Å². The topological polar surface area (TPSA) is 70.2 Å². The summed E-state index contributed by atoms with van der Waals surface area (Å²) in [6.07, 6.45) is 0.853. The van der Waals surface area contributed by atoms with Crippen molar-refractivity contribution in [2.45, 2.75) is 25.4 Å². The number of carbonyl (C=O) groups excluding carboxylic acids is 2. The zero-order chi connectivity index (χ0) is 9.84. The maximum atomic E-state index is 11.3. The molecular weight excluding hydrogens is 170 g/mol. The molecule has 0 saturated carbocycles. The van der Waals surface area contributed by atoms with E-state index < -0.39 is 6.04 Å². The molecule has 1 aliphatic rings. The Hall–Kier alpha value is -1.10. The molecule has 74 valence electrons. The van der Waals surface area contributed by atoms with E-state index in [0.717, 1.165) is 13.0 Å². The van der Waals surface area contributed by atoms with Crippen molar-refractivity contribution in [3.05, 3.63) is 0 Å². The maximum absolute atomic E-state index is 11.3. The van der Waals surface area contributed by atoms with Crippen molar-refractivity contribution in [1.82, 2.24) is 16.0 Å². The number of rotatable bonds is 3. The van der Waals surface area contributed by atoms with E-state index in [4.69, 9.17) is 0 Å². The zero-order valence-corrected chi connectivity index (χ0v) is 7.89.